The predicted molar refractivity (Wildman–Crippen MR) is 71.0 cm³/mol. The minimum atomic E-state index is 0.135. The van der Waals surface area contributed by atoms with Gasteiger partial charge in [-0.2, -0.15) is 0 Å². The summed E-state index contributed by atoms with van der Waals surface area (Å²) in [6.07, 6.45) is 7.98. The summed E-state index contributed by atoms with van der Waals surface area (Å²) in [6.45, 7) is 5.09. The van der Waals surface area contributed by atoms with E-state index in [4.69, 9.17) is 10.5 Å². The maximum Gasteiger partial charge on any atom is 0.0661 e. The Morgan fingerprint density at radius 2 is 2.06 bits per heavy atom. The number of ether oxygens (including phenoxy) is 1. The fourth-order valence-electron chi connectivity index (χ4n) is 3.66. The van der Waals surface area contributed by atoms with Gasteiger partial charge in [0.15, 0.2) is 0 Å². The SMILES string of the molecule is CCC1CCCCN1C(CN)(COC)C1CC1. The van der Waals surface area contributed by atoms with Gasteiger partial charge in [0.25, 0.3) is 0 Å². The summed E-state index contributed by atoms with van der Waals surface area (Å²) in [4.78, 5) is 2.71. The first-order valence-electron chi connectivity index (χ1n) is 7.24. The van der Waals surface area contributed by atoms with E-state index in [1.807, 2.05) is 7.11 Å². The highest BCUT2D eigenvalue weighted by Crippen LogP contribution is 2.45. The number of hydrogen-bond acceptors (Lipinski definition) is 3. The van der Waals surface area contributed by atoms with E-state index in [2.05, 4.69) is 11.8 Å². The molecule has 0 aromatic heterocycles. The predicted octanol–water partition coefficient (Wildman–Crippen LogP) is 2.00. The first-order chi connectivity index (χ1) is 8.28. The molecule has 0 spiro atoms. The van der Waals surface area contributed by atoms with Crippen molar-refractivity contribution in [3.63, 3.8) is 0 Å². The number of methoxy groups -OCH3 is 1. The normalized spacial score (nSPS) is 30.2. The molecule has 2 rings (SSSR count). The molecule has 2 unspecified atom stereocenters. The van der Waals surface area contributed by atoms with E-state index in [0.717, 1.165) is 25.1 Å². The molecule has 3 nitrogen and oxygen atoms in total. The topological polar surface area (TPSA) is 38.5 Å². The Labute approximate surface area is 106 Å². The van der Waals surface area contributed by atoms with Crippen LogP contribution in [-0.4, -0.2) is 43.3 Å². The molecule has 3 heteroatoms. The Balaban J connectivity index is 2.17. The third-order valence-electron chi connectivity index (χ3n) is 4.76. The molecule has 2 aliphatic rings. The summed E-state index contributed by atoms with van der Waals surface area (Å²) in [7, 11) is 1.82. The maximum absolute atomic E-state index is 6.16. The third-order valence-corrected chi connectivity index (χ3v) is 4.76. The maximum atomic E-state index is 6.16. The van der Waals surface area contributed by atoms with Crippen LogP contribution in [-0.2, 0) is 4.74 Å². The quantitative estimate of drug-likeness (QED) is 0.772. The molecule has 0 aromatic carbocycles. The lowest BCUT2D eigenvalue weighted by atomic mass is 9.86. The number of hydrogen-bond donors (Lipinski definition) is 1. The van der Waals surface area contributed by atoms with Crippen LogP contribution in [0.4, 0.5) is 0 Å². The Kier molecular flexibility index (Phi) is 4.45. The Hall–Kier alpha value is -0.120. The van der Waals surface area contributed by atoms with Crippen LogP contribution in [0.3, 0.4) is 0 Å². The van der Waals surface area contributed by atoms with Gasteiger partial charge in [0.1, 0.15) is 0 Å². The standard InChI is InChI=1S/C14H28N2O/c1-3-13-6-4-5-9-16(13)14(10-15,11-17-2)12-7-8-12/h12-13H,3-11,15H2,1-2H3. The van der Waals surface area contributed by atoms with Crippen molar-refractivity contribution in [3.8, 4) is 0 Å². The Morgan fingerprint density at radius 3 is 2.59 bits per heavy atom. The largest absolute Gasteiger partial charge is 0.383 e. The second kappa shape index (κ2) is 5.68. The Morgan fingerprint density at radius 1 is 1.29 bits per heavy atom. The molecule has 2 atom stereocenters. The minimum Gasteiger partial charge on any atom is -0.383 e. The van der Waals surface area contributed by atoms with Crippen molar-refractivity contribution in [3.05, 3.63) is 0 Å². The molecule has 0 bridgehead atoms. The average Bonchev–Trinajstić information content (AvgIpc) is 3.21. The molecule has 100 valence electrons. The lowest BCUT2D eigenvalue weighted by Gasteiger charge is -2.49. The van der Waals surface area contributed by atoms with Crippen LogP contribution >= 0.6 is 0 Å². The summed E-state index contributed by atoms with van der Waals surface area (Å²) in [6, 6.07) is 0.725. The average molecular weight is 240 g/mol. The highest BCUT2D eigenvalue weighted by Gasteiger charge is 2.50. The zero-order valence-corrected chi connectivity index (χ0v) is 11.5. The number of piperidine rings is 1. The van der Waals surface area contributed by atoms with Crippen molar-refractivity contribution >= 4 is 0 Å². The van der Waals surface area contributed by atoms with Gasteiger partial charge >= 0.3 is 0 Å². The van der Waals surface area contributed by atoms with Crippen molar-refractivity contribution in [2.45, 2.75) is 57.0 Å². The molecule has 2 N–H and O–H groups in total. The molecule has 1 saturated carbocycles. The lowest BCUT2D eigenvalue weighted by Crippen LogP contribution is -2.63. The van der Waals surface area contributed by atoms with Gasteiger partial charge in [0.05, 0.1) is 12.1 Å². The van der Waals surface area contributed by atoms with E-state index in [9.17, 15) is 0 Å². The lowest BCUT2D eigenvalue weighted by molar-refractivity contribution is -0.0422. The van der Waals surface area contributed by atoms with Crippen LogP contribution in [0.1, 0.15) is 45.4 Å². The fraction of sp³-hybridized carbons (Fsp3) is 1.00. The van der Waals surface area contributed by atoms with Crippen molar-refractivity contribution in [2.75, 3.05) is 26.8 Å². The van der Waals surface area contributed by atoms with E-state index in [1.54, 1.807) is 0 Å². The molecule has 0 amide bonds. The number of nitrogens with zero attached hydrogens (tertiary/aromatic N) is 1. The zero-order valence-electron chi connectivity index (χ0n) is 11.5. The van der Waals surface area contributed by atoms with Crippen LogP contribution in [0.15, 0.2) is 0 Å². The third kappa shape index (κ3) is 2.51. The molecule has 1 saturated heterocycles. The van der Waals surface area contributed by atoms with E-state index < -0.39 is 0 Å². The van der Waals surface area contributed by atoms with Crippen LogP contribution in [0.5, 0.6) is 0 Å². The number of nitrogens with two attached hydrogens (primary N) is 1. The molecular weight excluding hydrogens is 212 g/mol. The van der Waals surface area contributed by atoms with Crippen LogP contribution in [0, 0.1) is 5.92 Å². The Bertz CT molecular complexity index is 242. The number of rotatable bonds is 6. The van der Waals surface area contributed by atoms with Gasteiger partial charge < -0.3 is 10.5 Å². The minimum absolute atomic E-state index is 0.135. The molecule has 1 heterocycles. The van der Waals surface area contributed by atoms with Gasteiger partial charge in [-0.25, -0.2) is 0 Å². The van der Waals surface area contributed by atoms with Crippen LogP contribution in [0.25, 0.3) is 0 Å². The molecule has 1 aliphatic carbocycles. The highest BCUT2D eigenvalue weighted by molar-refractivity contribution is 5.05. The summed E-state index contributed by atoms with van der Waals surface area (Å²) in [5.41, 5.74) is 6.30. The van der Waals surface area contributed by atoms with Gasteiger partial charge in [0, 0.05) is 19.7 Å². The van der Waals surface area contributed by atoms with Gasteiger partial charge in [-0.15, -0.1) is 0 Å². The van der Waals surface area contributed by atoms with Crippen molar-refractivity contribution < 1.29 is 4.74 Å². The second-order valence-electron chi connectivity index (χ2n) is 5.77. The molecule has 0 aromatic rings. The van der Waals surface area contributed by atoms with E-state index in [-0.39, 0.29) is 5.54 Å². The molecule has 2 fully saturated rings. The molecule has 1 aliphatic heterocycles. The zero-order chi connectivity index (χ0) is 12.3. The monoisotopic (exact) mass is 240 g/mol. The van der Waals surface area contributed by atoms with Gasteiger partial charge in [-0.05, 0) is 44.6 Å². The van der Waals surface area contributed by atoms with Gasteiger partial charge in [-0.3, -0.25) is 4.90 Å². The first kappa shape index (κ1) is 13.3. The van der Waals surface area contributed by atoms with Crippen molar-refractivity contribution in [2.24, 2.45) is 11.7 Å². The van der Waals surface area contributed by atoms with E-state index in [0.29, 0.717) is 0 Å². The highest BCUT2D eigenvalue weighted by atomic mass is 16.5. The first-order valence-corrected chi connectivity index (χ1v) is 7.24. The van der Waals surface area contributed by atoms with Gasteiger partial charge in [0.2, 0.25) is 0 Å². The van der Waals surface area contributed by atoms with Crippen LogP contribution < -0.4 is 5.73 Å². The summed E-state index contributed by atoms with van der Waals surface area (Å²) in [5.74, 6) is 0.777. The van der Waals surface area contributed by atoms with Crippen LogP contribution in [0.2, 0.25) is 0 Å². The smallest absolute Gasteiger partial charge is 0.0661 e. The van der Waals surface area contributed by atoms with E-state index in [1.165, 1.54) is 45.1 Å². The van der Waals surface area contributed by atoms with Crippen molar-refractivity contribution in [1.82, 2.24) is 4.90 Å². The fourth-order valence-corrected chi connectivity index (χ4v) is 3.66. The van der Waals surface area contributed by atoms with Crippen molar-refractivity contribution in [1.29, 1.82) is 0 Å². The summed E-state index contributed by atoms with van der Waals surface area (Å²) < 4.78 is 5.52. The van der Waals surface area contributed by atoms with Gasteiger partial charge in [-0.1, -0.05) is 13.3 Å². The molecular formula is C14H28N2O. The summed E-state index contributed by atoms with van der Waals surface area (Å²) >= 11 is 0. The molecule has 0 radical (unpaired) electrons. The molecule has 17 heavy (non-hydrogen) atoms. The van der Waals surface area contributed by atoms with E-state index >= 15 is 0 Å². The second-order valence-corrected chi connectivity index (χ2v) is 5.77. The number of likely N-dealkylation sites (tertiary alicyclic amines) is 1. The summed E-state index contributed by atoms with van der Waals surface area (Å²) in [5, 5.41) is 0.